The molecule has 0 radical (unpaired) electrons. The molecule has 0 bridgehead atoms. The molecule has 0 aromatic heterocycles. The molecule has 2 saturated carbocycles. The molecule has 0 aliphatic heterocycles. The van der Waals surface area contributed by atoms with Crippen molar-refractivity contribution in [2.45, 2.75) is 65.7 Å². The molecule has 0 aromatic carbocycles. The van der Waals surface area contributed by atoms with Crippen molar-refractivity contribution in [2.24, 2.45) is 23.7 Å². The van der Waals surface area contributed by atoms with Crippen molar-refractivity contribution in [3.05, 3.63) is 24.8 Å². The Hall–Kier alpha value is -0.520. The van der Waals surface area contributed by atoms with Gasteiger partial charge in [-0.1, -0.05) is 52.0 Å². The third-order valence-electron chi connectivity index (χ3n) is 5.06. The van der Waals surface area contributed by atoms with Crippen LogP contribution in [0.1, 0.15) is 65.7 Å². The normalized spacial score (nSPS) is 37.2. The summed E-state index contributed by atoms with van der Waals surface area (Å²) < 4.78 is 0. The molecule has 2 aliphatic rings. The monoisotopic (exact) mass is 248 g/mol. The van der Waals surface area contributed by atoms with E-state index in [2.05, 4.69) is 25.7 Å². The first-order valence-corrected chi connectivity index (χ1v) is 7.58. The minimum atomic E-state index is 0. The summed E-state index contributed by atoms with van der Waals surface area (Å²) in [5.74, 6) is 3.95. The highest BCUT2D eigenvalue weighted by atomic mass is 14.3. The van der Waals surface area contributed by atoms with Gasteiger partial charge in [0.15, 0.2) is 0 Å². The van der Waals surface area contributed by atoms with Crippen LogP contribution in [-0.4, -0.2) is 0 Å². The molecule has 2 rings (SSSR count). The van der Waals surface area contributed by atoms with E-state index in [1.54, 1.807) is 0 Å². The third kappa shape index (κ3) is 4.30. The maximum absolute atomic E-state index is 3.75. The SMILES string of the molecule is C.C=CC=CC1CCC(C2CCC(C)CC2)CC1. The van der Waals surface area contributed by atoms with Crippen molar-refractivity contribution < 1.29 is 0 Å². The van der Waals surface area contributed by atoms with E-state index in [4.69, 9.17) is 0 Å². The fourth-order valence-electron chi connectivity index (χ4n) is 3.80. The van der Waals surface area contributed by atoms with Crippen LogP contribution in [-0.2, 0) is 0 Å². The highest BCUT2D eigenvalue weighted by Crippen LogP contribution is 2.41. The molecule has 18 heavy (non-hydrogen) atoms. The van der Waals surface area contributed by atoms with Gasteiger partial charge in [-0.3, -0.25) is 0 Å². The molecule has 2 fully saturated rings. The van der Waals surface area contributed by atoms with Gasteiger partial charge in [0, 0.05) is 0 Å². The van der Waals surface area contributed by atoms with Crippen LogP contribution in [0, 0.1) is 23.7 Å². The smallest absolute Gasteiger partial charge is 0.0230 e. The Morgan fingerprint density at radius 3 is 1.83 bits per heavy atom. The minimum Gasteiger partial charge on any atom is -0.0991 e. The quantitative estimate of drug-likeness (QED) is 0.537. The molecule has 0 spiro atoms. The Balaban J connectivity index is 0.00000162. The molecule has 0 N–H and O–H groups in total. The van der Waals surface area contributed by atoms with Crippen LogP contribution in [0.15, 0.2) is 24.8 Å². The van der Waals surface area contributed by atoms with Crippen LogP contribution in [0.2, 0.25) is 0 Å². The molecule has 0 heterocycles. The van der Waals surface area contributed by atoms with Crippen LogP contribution in [0.4, 0.5) is 0 Å². The molecule has 104 valence electrons. The van der Waals surface area contributed by atoms with Gasteiger partial charge in [-0.05, 0) is 62.2 Å². The Bertz CT molecular complexity index is 247. The Kier molecular flexibility index (Phi) is 6.75. The number of hydrogen-bond acceptors (Lipinski definition) is 0. The Morgan fingerprint density at radius 2 is 1.33 bits per heavy atom. The van der Waals surface area contributed by atoms with Gasteiger partial charge in [0.25, 0.3) is 0 Å². The molecule has 0 heteroatoms. The average molecular weight is 248 g/mol. The van der Waals surface area contributed by atoms with Crippen LogP contribution in [0.25, 0.3) is 0 Å². The van der Waals surface area contributed by atoms with Crippen molar-refractivity contribution >= 4 is 0 Å². The summed E-state index contributed by atoms with van der Waals surface area (Å²) in [5.41, 5.74) is 0. The van der Waals surface area contributed by atoms with Crippen LogP contribution >= 0.6 is 0 Å². The summed E-state index contributed by atoms with van der Waals surface area (Å²) in [6.07, 6.45) is 18.2. The van der Waals surface area contributed by atoms with E-state index in [0.717, 1.165) is 23.7 Å². The number of rotatable bonds is 3. The molecule has 0 nitrogen and oxygen atoms in total. The van der Waals surface area contributed by atoms with Gasteiger partial charge in [0.1, 0.15) is 0 Å². The topological polar surface area (TPSA) is 0 Å². The summed E-state index contributed by atoms with van der Waals surface area (Å²) in [5, 5.41) is 0. The van der Waals surface area contributed by atoms with E-state index in [1.165, 1.54) is 51.4 Å². The summed E-state index contributed by atoms with van der Waals surface area (Å²) in [6, 6.07) is 0. The lowest BCUT2D eigenvalue weighted by atomic mass is 9.69. The van der Waals surface area contributed by atoms with E-state index in [9.17, 15) is 0 Å². The molecule has 2 aliphatic carbocycles. The molecular weight excluding hydrogens is 216 g/mol. The van der Waals surface area contributed by atoms with E-state index in [-0.39, 0.29) is 7.43 Å². The molecule has 0 amide bonds. The molecule has 0 unspecified atom stereocenters. The van der Waals surface area contributed by atoms with Gasteiger partial charge in [0.05, 0.1) is 0 Å². The summed E-state index contributed by atoms with van der Waals surface area (Å²) in [6.45, 7) is 6.18. The van der Waals surface area contributed by atoms with Crippen LogP contribution < -0.4 is 0 Å². The van der Waals surface area contributed by atoms with E-state index in [1.807, 2.05) is 6.08 Å². The predicted octanol–water partition coefficient (Wildman–Crippen LogP) is 6.00. The zero-order valence-electron chi connectivity index (χ0n) is 11.4. The van der Waals surface area contributed by atoms with Gasteiger partial charge in [-0.15, -0.1) is 0 Å². The fourth-order valence-corrected chi connectivity index (χ4v) is 3.80. The van der Waals surface area contributed by atoms with Crippen LogP contribution in [0.3, 0.4) is 0 Å². The van der Waals surface area contributed by atoms with E-state index < -0.39 is 0 Å². The Labute approximate surface area is 115 Å². The third-order valence-corrected chi connectivity index (χ3v) is 5.06. The lowest BCUT2D eigenvalue weighted by Crippen LogP contribution is -2.24. The van der Waals surface area contributed by atoms with E-state index in [0.29, 0.717) is 0 Å². The molecular formula is C18H32. The fraction of sp³-hybridized carbons (Fsp3) is 0.778. The number of allylic oxidation sites excluding steroid dienone is 3. The summed E-state index contributed by atoms with van der Waals surface area (Å²) in [4.78, 5) is 0. The Morgan fingerprint density at radius 1 is 0.833 bits per heavy atom. The van der Waals surface area contributed by atoms with Crippen LogP contribution in [0.5, 0.6) is 0 Å². The predicted molar refractivity (Wildman–Crippen MR) is 82.6 cm³/mol. The average Bonchev–Trinajstić information content (AvgIpc) is 2.38. The van der Waals surface area contributed by atoms with Gasteiger partial charge in [-0.2, -0.15) is 0 Å². The summed E-state index contributed by atoms with van der Waals surface area (Å²) >= 11 is 0. The van der Waals surface area contributed by atoms with Crippen molar-refractivity contribution in [3.63, 3.8) is 0 Å². The standard InChI is InChI=1S/C17H28.CH4/c1-3-4-5-15-8-12-17(13-9-15)16-10-6-14(2)7-11-16;/h3-5,14-17H,1,6-13H2,2H3;1H4. The second-order valence-electron chi connectivity index (χ2n) is 6.32. The zero-order chi connectivity index (χ0) is 12.1. The van der Waals surface area contributed by atoms with Crippen molar-refractivity contribution in [1.29, 1.82) is 0 Å². The maximum atomic E-state index is 3.75. The van der Waals surface area contributed by atoms with Gasteiger partial charge in [0.2, 0.25) is 0 Å². The molecule has 0 atom stereocenters. The largest absolute Gasteiger partial charge is 0.0991 e. The lowest BCUT2D eigenvalue weighted by Gasteiger charge is -2.36. The maximum Gasteiger partial charge on any atom is -0.0230 e. The zero-order valence-corrected chi connectivity index (χ0v) is 11.4. The van der Waals surface area contributed by atoms with Crippen molar-refractivity contribution in [3.8, 4) is 0 Å². The first-order valence-electron chi connectivity index (χ1n) is 7.58. The highest BCUT2D eigenvalue weighted by molar-refractivity contribution is 5.01. The van der Waals surface area contributed by atoms with Gasteiger partial charge < -0.3 is 0 Å². The lowest BCUT2D eigenvalue weighted by molar-refractivity contribution is 0.160. The van der Waals surface area contributed by atoms with Crippen molar-refractivity contribution in [2.75, 3.05) is 0 Å². The minimum absolute atomic E-state index is 0. The first kappa shape index (κ1) is 15.5. The first-order chi connectivity index (χ1) is 8.29. The molecule has 0 saturated heterocycles. The van der Waals surface area contributed by atoms with Crippen molar-refractivity contribution in [1.82, 2.24) is 0 Å². The number of hydrogen-bond donors (Lipinski definition) is 0. The summed E-state index contributed by atoms with van der Waals surface area (Å²) in [7, 11) is 0. The second-order valence-corrected chi connectivity index (χ2v) is 6.32. The van der Waals surface area contributed by atoms with E-state index >= 15 is 0 Å². The molecule has 0 aromatic rings. The van der Waals surface area contributed by atoms with Gasteiger partial charge in [-0.25, -0.2) is 0 Å². The van der Waals surface area contributed by atoms with Gasteiger partial charge >= 0.3 is 0 Å². The second kappa shape index (κ2) is 7.81. The highest BCUT2D eigenvalue weighted by Gasteiger charge is 2.29.